The summed E-state index contributed by atoms with van der Waals surface area (Å²) in [7, 11) is 1.55. The van der Waals surface area contributed by atoms with Gasteiger partial charge in [0.05, 0.1) is 18.4 Å². The Morgan fingerprint density at radius 3 is 2.04 bits per heavy atom. The molecule has 0 saturated carbocycles. The first-order valence-corrected chi connectivity index (χ1v) is 7.47. The number of carbonyl (C=O) groups excluding carboxylic acids is 2. The van der Waals surface area contributed by atoms with Crippen LogP contribution in [-0.2, 0) is 9.59 Å². The number of amides is 2. The van der Waals surface area contributed by atoms with Gasteiger partial charge in [-0.15, -0.1) is 0 Å². The monoisotopic (exact) mass is 347 g/mol. The Labute approximate surface area is 142 Å². The molecule has 0 fully saturated rings. The van der Waals surface area contributed by atoms with E-state index in [1.165, 1.54) is 0 Å². The van der Waals surface area contributed by atoms with Crippen molar-refractivity contribution in [3.05, 3.63) is 64.1 Å². The van der Waals surface area contributed by atoms with E-state index in [2.05, 4.69) is 0 Å². The normalized spacial score (nSPS) is 14.7. The second kappa shape index (κ2) is 6.07. The molecular formula is C17H11Cl2NO3. The lowest BCUT2D eigenvalue weighted by Crippen LogP contribution is -2.31. The Kier molecular flexibility index (Phi) is 4.11. The molecule has 0 saturated heterocycles. The summed E-state index contributed by atoms with van der Waals surface area (Å²) in [4.78, 5) is 26.1. The fourth-order valence-corrected chi connectivity index (χ4v) is 2.74. The number of ether oxygens (including phenoxy) is 1. The second-order valence-corrected chi connectivity index (χ2v) is 5.65. The number of carbonyl (C=O) groups is 2. The van der Waals surface area contributed by atoms with Gasteiger partial charge < -0.3 is 4.74 Å². The van der Waals surface area contributed by atoms with Crippen LogP contribution in [0.25, 0.3) is 5.57 Å². The number of methoxy groups -OCH3 is 1. The lowest BCUT2D eigenvalue weighted by Gasteiger charge is -2.14. The van der Waals surface area contributed by atoms with Gasteiger partial charge in [0.2, 0.25) is 0 Å². The highest BCUT2D eigenvalue weighted by Crippen LogP contribution is 2.35. The minimum Gasteiger partial charge on any atom is -0.497 e. The SMILES string of the molecule is COc1ccc(C2=C(Cl)C(=O)N(c3ccc(Cl)cc3)C2=O)cc1. The molecule has 0 unspecified atom stereocenters. The first kappa shape index (κ1) is 15.6. The van der Waals surface area contributed by atoms with E-state index in [4.69, 9.17) is 27.9 Å². The lowest BCUT2D eigenvalue weighted by molar-refractivity contribution is -0.119. The molecule has 4 nitrogen and oxygen atoms in total. The molecular weight excluding hydrogens is 337 g/mol. The number of benzene rings is 2. The Morgan fingerprint density at radius 1 is 0.870 bits per heavy atom. The Hall–Kier alpha value is -2.30. The van der Waals surface area contributed by atoms with Crippen LogP contribution in [0.2, 0.25) is 5.02 Å². The van der Waals surface area contributed by atoms with E-state index in [0.717, 1.165) is 4.90 Å². The zero-order valence-corrected chi connectivity index (χ0v) is 13.6. The molecule has 2 aromatic rings. The molecule has 6 heteroatoms. The van der Waals surface area contributed by atoms with Crippen LogP contribution in [-0.4, -0.2) is 18.9 Å². The zero-order valence-electron chi connectivity index (χ0n) is 12.0. The summed E-state index contributed by atoms with van der Waals surface area (Å²) in [6, 6.07) is 13.2. The van der Waals surface area contributed by atoms with E-state index in [1.807, 2.05) is 0 Å². The number of hydrogen-bond acceptors (Lipinski definition) is 3. The summed E-state index contributed by atoms with van der Waals surface area (Å²) in [5.74, 6) is -0.367. The molecule has 0 N–H and O–H groups in total. The van der Waals surface area contributed by atoms with Gasteiger partial charge in [-0.1, -0.05) is 35.3 Å². The number of halogens is 2. The Morgan fingerprint density at radius 2 is 1.48 bits per heavy atom. The second-order valence-electron chi connectivity index (χ2n) is 4.84. The summed E-state index contributed by atoms with van der Waals surface area (Å²) in [5.41, 5.74) is 1.16. The van der Waals surface area contributed by atoms with E-state index in [9.17, 15) is 9.59 Å². The summed E-state index contributed by atoms with van der Waals surface area (Å²) >= 11 is 12.0. The first-order chi connectivity index (χ1) is 11.0. The van der Waals surface area contributed by atoms with Crippen LogP contribution in [0.3, 0.4) is 0 Å². The van der Waals surface area contributed by atoms with Gasteiger partial charge in [0.15, 0.2) is 0 Å². The van der Waals surface area contributed by atoms with E-state index < -0.39 is 11.8 Å². The van der Waals surface area contributed by atoms with E-state index in [1.54, 1.807) is 55.6 Å². The number of rotatable bonds is 3. The van der Waals surface area contributed by atoms with Crippen molar-refractivity contribution in [2.45, 2.75) is 0 Å². The van der Waals surface area contributed by atoms with Crippen LogP contribution in [0, 0.1) is 0 Å². The van der Waals surface area contributed by atoms with Crippen molar-refractivity contribution in [2.75, 3.05) is 12.0 Å². The molecule has 0 aliphatic carbocycles. The van der Waals surface area contributed by atoms with Crippen molar-refractivity contribution in [3.63, 3.8) is 0 Å². The highest BCUT2D eigenvalue weighted by Gasteiger charge is 2.39. The molecule has 23 heavy (non-hydrogen) atoms. The maximum absolute atomic E-state index is 12.7. The minimum absolute atomic E-state index is 0.102. The van der Waals surface area contributed by atoms with Crippen molar-refractivity contribution in [1.29, 1.82) is 0 Å². The third-order valence-corrected chi connectivity index (χ3v) is 4.09. The number of imide groups is 1. The fourth-order valence-electron chi connectivity index (χ4n) is 2.34. The van der Waals surface area contributed by atoms with Crippen molar-refractivity contribution in [3.8, 4) is 5.75 Å². The Balaban J connectivity index is 2.00. The molecule has 116 valence electrons. The van der Waals surface area contributed by atoms with Gasteiger partial charge >= 0.3 is 0 Å². The van der Waals surface area contributed by atoms with Gasteiger partial charge in [-0.05, 0) is 42.0 Å². The topological polar surface area (TPSA) is 46.6 Å². The van der Waals surface area contributed by atoms with E-state index in [-0.39, 0.29) is 10.6 Å². The van der Waals surface area contributed by atoms with Crippen LogP contribution in [0.1, 0.15) is 5.56 Å². The number of nitrogens with zero attached hydrogens (tertiary/aromatic N) is 1. The largest absolute Gasteiger partial charge is 0.497 e. The predicted molar refractivity (Wildman–Crippen MR) is 89.7 cm³/mol. The third-order valence-electron chi connectivity index (χ3n) is 3.49. The van der Waals surface area contributed by atoms with Gasteiger partial charge in [-0.25, -0.2) is 4.90 Å². The van der Waals surface area contributed by atoms with Gasteiger partial charge in [0, 0.05) is 5.02 Å². The predicted octanol–water partition coefficient (Wildman–Crippen LogP) is 3.87. The fraction of sp³-hybridized carbons (Fsp3) is 0.0588. The molecule has 0 bridgehead atoms. The van der Waals surface area contributed by atoms with Crippen molar-refractivity contribution in [2.24, 2.45) is 0 Å². The highest BCUT2D eigenvalue weighted by molar-refractivity contribution is 6.60. The lowest BCUT2D eigenvalue weighted by atomic mass is 10.1. The van der Waals surface area contributed by atoms with Crippen molar-refractivity contribution >= 4 is 46.3 Å². The number of anilines is 1. The van der Waals surface area contributed by atoms with Crippen LogP contribution in [0.15, 0.2) is 53.6 Å². The highest BCUT2D eigenvalue weighted by atomic mass is 35.5. The molecule has 1 aliphatic rings. The molecule has 0 radical (unpaired) electrons. The summed E-state index contributed by atoms with van der Waals surface area (Å²) in [6.45, 7) is 0. The van der Waals surface area contributed by atoms with Gasteiger partial charge in [-0.2, -0.15) is 0 Å². The molecule has 1 heterocycles. The molecule has 2 amide bonds. The molecule has 3 rings (SSSR count). The number of hydrogen-bond donors (Lipinski definition) is 0. The van der Waals surface area contributed by atoms with Crippen molar-refractivity contribution in [1.82, 2.24) is 0 Å². The van der Waals surface area contributed by atoms with Gasteiger partial charge in [-0.3, -0.25) is 9.59 Å². The molecule has 0 spiro atoms. The molecule has 1 aliphatic heterocycles. The van der Waals surface area contributed by atoms with Gasteiger partial charge in [0.25, 0.3) is 11.8 Å². The molecule has 0 aromatic heterocycles. The van der Waals surface area contributed by atoms with Crippen LogP contribution in [0.5, 0.6) is 5.75 Å². The standard InChI is InChI=1S/C17H11Cl2NO3/c1-23-13-8-2-10(3-9-13)14-15(19)17(22)20(16(14)21)12-6-4-11(18)5-7-12/h2-9H,1H3. The van der Waals surface area contributed by atoms with Gasteiger partial charge in [0.1, 0.15) is 10.8 Å². The van der Waals surface area contributed by atoms with Crippen LogP contribution < -0.4 is 9.64 Å². The molecule has 0 atom stereocenters. The van der Waals surface area contributed by atoms with E-state index in [0.29, 0.717) is 22.0 Å². The zero-order chi connectivity index (χ0) is 16.6. The van der Waals surface area contributed by atoms with Crippen molar-refractivity contribution < 1.29 is 14.3 Å². The summed E-state index contributed by atoms with van der Waals surface area (Å²) in [6.07, 6.45) is 0. The summed E-state index contributed by atoms with van der Waals surface area (Å²) < 4.78 is 5.08. The average Bonchev–Trinajstić information content (AvgIpc) is 2.78. The maximum Gasteiger partial charge on any atom is 0.277 e. The van der Waals surface area contributed by atoms with Crippen LogP contribution >= 0.6 is 23.2 Å². The van der Waals surface area contributed by atoms with E-state index >= 15 is 0 Å². The smallest absolute Gasteiger partial charge is 0.277 e. The third kappa shape index (κ3) is 2.71. The Bertz CT molecular complexity index is 811. The average molecular weight is 348 g/mol. The quantitative estimate of drug-likeness (QED) is 0.791. The molecule has 2 aromatic carbocycles. The summed E-state index contributed by atoms with van der Waals surface area (Å²) in [5, 5.41) is 0.414. The maximum atomic E-state index is 12.7. The minimum atomic E-state index is -0.551. The first-order valence-electron chi connectivity index (χ1n) is 6.71. The van der Waals surface area contributed by atoms with Crippen LogP contribution in [0.4, 0.5) is 5.69 Å².